The van der Waals surface area contributed by atoms with Crippen LogP contribution >= 0.6 is 0 Å². The molecule has 0 aromatic rings. The first kappa shape index (κ1) is 27.3. The third-order valence-electron chi connectivity index (χ3n) is 2.70. The normalized spacial score (nSPS) is 10.2. The van der Waals surface area contributed by atoms with Crippen molar-refractivity contribution in [1.29, 1.82) is 0 Å². The number of rotatable bonds is 9. The topological polar surface area (TPSA) is 55.4 Å². The van der Waals surface area contributed by atoms with Crippen molar-refractivity contribution in [3.63, 3.8) is 0 Å². The van der Waals surface area contributed by atoms with Crippen molar-refractivity contribution in [3.05, 3.63) is 0 Å². The largest absolute Gasteiger partial charge is 0.466 e. The first-order valence-corrected chi connectivity index (χ1v) is 6.46. The molecule has 1 unspecified atom stereocenters. The summed E-state index contributed by atoms with van der Waals surface area (Å²) in [5, 5.41) is 2.92. The number of carbonyl (C=O) groups is 2. The van der Waals surface area contributed by atoms with Crippen LogP contribution in [0, 0.1) is 5.92 Å². The molecule has 0 spiro atoms. The van der Waals surface area contributed by atoms with Gasteiger partial charge in [-0.2, -0.15) is 0 Å². The van der Waals surface area contributed by atoms with E-state index in [1.165, 1.54) is 6.92 Å². The van der Waals surface area contributed by atoms with Gasteiger partial charge in [-0.25, -0.2) is 0 Å². The highest BCUT2D eigenvalue weighted by molar-refractivity contribution is 5.75. The number of carbonyl (C=O) groups excluding carboxylic acids is 2. The van der Waals surface area contributed by atoms with Crippen LogP contribution in [0.2, 0.25) is 0 Å². The van der Waals surface area contributed by atoms with Gasteiger partial charge in [0.15, 0.2) is 0 Å². The van der Waals surface area contributed by atoms with Gasteiger partial charge in [-0.3, -0.25) is 9.59 Å². The van der Waals surface area contributed by atoms with Crippen LogP contribution in [-0.2, 0) is 14.3 Å². The molecule has 20 heavy (non-hydrogen) atoms. The van der Waals surface area contributed by atoms with Gasteiger partial charge in [0.25, 0.3) is 0 Å². The van der Waals surface area contributed by atoms with Gasteiger partial charge in [-0.05, 0) is 25.2 Å². The predicted molar refractivity (Wildman–Crippen MR) is 87.8 cm³/mol. The monoisotopic (exact) mass is 291 g/mol. The Bertz CT molecular complexity index is 230. The molecule has 0 aromatic carbocycles. The molecule has 0 aromatic heterocycles. The summed E-state index contributed by atoms with van der Waals surface area (Å²) < 4.78 is 4.80. The molecule has 0 saturated heterocycles. The van der Waals surface area contributed by atoms with Crippen molar-refractivity contribution in [3.8, 4) is 0 Å². The second kappa shape index (κ2) is 17.9. The van der Waals surface area contributed by atoms with E-state index in [0.717, 1.165) is 32.2 Å². The number of nitrogens with one attached hydrogen (secondary N) is 1. The first-order chi connectivity index (χ1) is 8.06. The highest BCUT2D eigenvalue weighted by Crippen LogP contribution is 2.02. The van der Waals surface area contributed by atoms with E-state index >= 15 is 0 Å². The van der Waals surface area contributed by atoms with Crippen LogP contribution in [-0.4, -0.2) is 25.0 Å². The summed E-state index contributed by atoms with van der Waals surface area (Å²) in [6, 6.07) is 0. The molecule has 0 aliphatic rings. The average molecular weight is 291 g/mol. The molecular weight excluding hydrogens is 254 g/mol. The van der Waals surface area contributed by atoms with E-state index in [1.807, 2.05) is 0 Å². The smallest absolute Gasteiger partial charge is 0.302 e. The van der Waals surface area contributed by atoms with Gasteiger partial charge >= 0.3 is 5.97 Å². The maximum atomic E-state index is 11.4. The first-order valence-electron chi connectivity index (χ1n) is 6.46. The van der Waals surface area contributed by atoms with E-state index in [4.69, 9.17) is 4.74 Å². The summed E-state index contributed by atoms with van der Waals surface area (Å²) in [6.45, 7) is 6.88. The van der Waals surface area contributed by atoms with E-state index < -0.39 is 0 Å². The lowest BCUT2D eigenvalue weighted by Crippen LogP contribution is -2.27. The number of hydrogen-bond donors (Lipinski definition) is 1. The van der Waals surface area contributed by atoms with Crippen LogP contribution in [0.5, 0.6) is 0 Å². The highest BCUT2D eigenvalue weighted by Gasteiger charge is 2.03. The fourth-order valence-corrected chi connectivity index (χ4v) is 1.30. The third kappa shape index (κ3) is 19.3. The van der Waals surface area contributed by atoms with Crippen LogP contribution in [0.15, 0.2) is 0 Å². The second-order valence-corrected chi connectivity index (χ2v) is 4.47. The Balaban J connectivity index is -0.000000427. The van der Waals surface area contributed by atoms with Gasteiger partial charge in [0, 0.05) is 19.9 Å². The fraction of sp³-hybridized carbons (Fsp3) is 0.875. The van der Waals surface area contributed by atoms with Crippen molar-refractivity contribution in [1.82, 2.24) is 5.32 Å². The minimum absolute atomic E-state index is 0. The Morgan fingerprint density at radius 3 is 2.20 bits per heavy atom. The van der Waals surface area contributed by atoms with Crippen molar-refractivity contribution in [2.24, 2.45) is 5.92 Å². The molecule has 4 heteroatoms. The molecule has 4 nitrogen and oxygen atoms in total. The van der Waals surface area contributed by atoms with Gasteiger partial charge in [0.1, 0.15) is 0 Å². The Morgan fingerprint density at radius 2 is 1.70 bits per heavy atom. The lowest BCUT2D eigenvalue weighted by Gasteiger charge is -2.09. The minimum Gasteiger partial charge on any atom is -0.466 e. The van der Waals surface area contributed by atoms with E-state index in [2.05, 4.69) is 19.2 Å². The van der Waals surface area contributed by atoms with Crippen LogP contribution < -0.4 is 5.32 Å². The highest BCUT2D eigenvalue weighted by atomic mass is 16.5. The maximum absolute atomic E-state index is 11.4. The molecule has 1 atom stereocenters. The summed E-state index contributed by atoms with van der Waals surface area (Å²) >= 11 is 0. The Kier molecular flexibility index (Phi) is 24.5. The zero-order valence-corrected chi connectivity index (χ0v) is 11.3. The third-order valence-corrected chi connectivity index (χ3v) is 2.70. The molecule has 1 N–H and O–H groups in total. The number of hydrogen-bond acceptors (Lipinski definition) is 3. The number of ether oxygens (including phenoxy) is 1. The van der Waals surface area contributed by atoms with Gasteiger partial charge in [0.2, 0.25) is 5.91 Å². The molecule has 1 amide bonds. The molecule has 124 valence electrons. The SMILES string of the molecule is C.C.C.CCC(C)CNC(=O)CCCCCOC(C)=O. The van der Waals surface area contributed by atoms with Gasteiger partial charge in [-0.15, -0.1) is 0 Å². The fourth-order valence-electron chi connectivity index (χ4n) is 1.30. The Labute approximate surface area is 126 Å². The standard InChI is InChI=1S/C13H25NO3.3CH4/c1-4-11(2)10-14-13(16)8-6-5-7-9-17-12(3)15;;;/h11H,4-10H2,1-3H3,(H,14,16);3*1H4. The molecule has 0 aliphatic heterocycles. The summed E-state index contributed by atoms with van der Waals surface area (Å²) in [5.41, 5.74) is 0. The van der Waals surface area contributed by atoms with Crippen molar-refractivity contribution >= 4 is 11.9 Å². The van der Waals surface area contributed by atoms with Gasteiger partial charge in [0.05, 0.1) is 6.61 Å². The molecule has 0 heterocycles. The van der Waals surface area contributed by atoms with Gasteiger partial charge in [-0.1, -0.05) is 42.5 Å². The summed E-state index contributed by atoms with van der Waals surface area (Å²) in [4.78, 5) is 21.9. The second-order valence-electron chi connectivity index (χ2n) is 4.47. The zero-order chi connectivity index (χ0) is 13.1. The number of esters is 1. The molecule has 0 aliphatic carbocycles. The quantitative estimate of drug-likeness (QED) is 0.512. The van der Waals surface area contributed by atoms with E-state index in [-0.39, 0.29) is 34.2 Å². The molecule has 0 saturated carbocycles. The molecule has 0 radical (unpaired) electrons. The summed E-state index contributed by atoms with van der Waals surface area (Å²) in [5.74, 6) is 0.428. The van der Waals surface area contributed by atoms with Crippen LogP contribution in [0.3, 0.4) is 0 Å². The lowest BCUT2D eigenvalue weighted by atomic mass is 10.1. The minimum atomic E-state index is -0.240. The zero-order valence-electron chi connectivity index (χ0n) is 11.3. The number of amides is 1. The van der Waals surface area contributed by atoms with E-state index in [1.54, 1.807) is 0 Å². The molecular formula is C16H37NO3. The van der Waals surface area contributed by atoms with Crippen LogP contribution in [0.4, 0.5) is 0 Å². The Hall–Kier alpha value is -1.06. The molecule has 0 bridgehead atoms. The van der Waals surface area contributed by atoms with Crippen molar-refractivity contribution in [2.75, 3.05) is 13.2 Å². The van der Waals surface area contributed by atoms with E-state index in [0.29, 0.717) is 18.9 Å². The predicted octanol–water partition coefficient (Wildman–Crippen LogP) is 4.18. The molecule has 0 rings (SSSR count). The molecule has 0 fully saturated rings. The van der Waals surface area contributed by atoms with Crippen LogP contribution in [0.1, 0.15) is 75.2 Å². The van der Waals surface area contributed by atoms with Gasteiger partial charge < -0.3 is 10.1 Å². The Morgan fingerprint density at radius 1 is 1.10 bits per heavy atom. The lowest BCUT2D eigenvalue weighted by molar-refractivity contribution is -0.141. The number of unbranched alkanes of at least 4 members (excludes halogenated alkanes) is 2. The van der Waals surface area contributed by atoms with Crippen LogP contribution in [0.25, 0.3) is 0 Å². The van der Waals surface area contributed by atoms with E-state index in [9.17, 15) is 9.59 Å². The van der Waals surface area contributed by atoms with Crippen molar-refractivity contribution in [2.45, 2.75) is 75.2 Å². The van der Waals surface area contributed by atoms with Crippen molar-refractivity contribution < 1.29 is 14.3 Å². The summed E-state index contributed by atoms with van der Waals surface area (Å²) in [7, 11) is 0. The average Bonchev–Trinajstić information content (AvgIpc) is 2.30. The maximum Gasteiger partial charge on any atom is 0.302 e. The summed E-state index contributed by atoms with van der Waals surface area (Å²) in [6.07, 6.45) is 4.26.